The molecule has 0 atom stereocenters. The lowest BCUT2D eigenvalue weighted by Gasteiger charge is -2.27. The molecule has 5 heteroatoms. The largest absolute Gasteiger partial charge is 0.447 e. The molecule has 0 fully saturated rings. The minimum atomic E-state index is -0.495. The summed E-state index contributed by atoms with van der Waals surface area (Å²) >= 11 is 0. The molecule has 0 bridgehead atoms. The molecule has 0 N–H and O–H groups in total. The van der Waals surface area contributed by atoms with Gasteiger partial charge in [-0.25, -0.2) is 4.79 Å². The fourth-order valence-corrected chi connectivity index (χ4v) is 2.74. The Morgan fingerprint density at radius 1 is 0.929 bits per heavy atom. The van der Waals surface area contributed by atoms with Gasteiger partial charge in [-0.1, -0.05) is 66.7 Å². The number of amides is 2. The molecule has 0 saturated heterocycles. The summed E-state index contributed by atoms with van der Waals surface area (Å²) < 4.78 is 5.34. The fourth-order valence-electron chi connectivity index (χ4n) is 2.74. The molecule has 0 aliphatic carbocycles. The molecule has 0 unspecified atom stereocenters. The second kappa shape index (κ2) is 10.9. The summed E-state index contributed by atoms with van der Waals surface area (Å²) in [5.41, 5.74) is 1.96. The van der Waals surface area contributed by atoms with Gasteiger partial charge in [0, 0.05) is 19.6 Å². The molecule has 0 heterocycles. The van der Waals surface area contributed by atoms with Crippen molar-refractivity contribution in [2.45, 2.75) is 33.0 Å². The van der Waals surface area contributed by atoms with Crippen LogP contribution in [0.2, 0.25) is 0 Å². The Morgan fingerprint density at radius 3 is 1.89 bits per heavy atom. The topological polar surface area (TPSA) is 49.9 Å². The van der Waals surface area contributed by atoms with Crippen LogP contribution in [-0.2, 0) is 22.6 Å². The van der Waals surface area contributed by atoms with Crippen LogP contribution in [0, 0.1) is 0 Å². The van der Waals surface area contributed by atoms with Gasteiger partial charge in [-0.05, 0) is 25.0 Å². The summed E-state index contributed by atoms with van der Waals surface area (Å²) in [6, 6.07) is 19.3. The normalized spacial score (nSPS) is 10.4. The maximum absolute atomic E-state index is 13.0. The van der Waals surface area contributed by atoms with Crippen molar-refractivity contribution in [1.82, 2.24) is 9.80 Å². The first-order valence-electron chi connectivity index (χ1n) is 9.41. The molecule has 2 aromatic carbocycles. The van der Waals surface area contributed by atoms with Gasteiger partial charge in [0.15, 0.2) is 0 Å². The third kappa shape index (κ3) is 6.91. The Kier molecular flexibility index (Phi) is 8.28. The van der Waals surface area contributed by atoms with Crippen molar-refractivity contribution in [2.75, 3.05) is 13.1 Å². The molecule has 0 saturated carbocycles. The highest BCUT2D eigenvalue weighted by atomic mass is 16.6. The Morgan fingerprint density at radius 2 is 1.43 bits per heavy atom. The molecule has 0 aromatic heterocycles. The first-order chi connectivity index (χ1) is 13.5. The smallest absolute Gasteiger partial charge is 0.410 e. The lowest BCUT2D eigenvalue weighted by atomic mass is 10.2. The molecular weight excluding hydrogens is 352 g/mol. The number of hydrogen-bond acceptors (Lipinski definition) is 3. The number of hydrogen-bond donors (Lipinski definition) is 0. The van der Waals surface area contributed by atoms with E-state index in [1.54, 1.807) is 24.8 Å². The zero-order valence-electron chi connectivity index (χ0n) is 16.6. The second-order valence-corrected chi connectivity index (χ2v) is 6.82. The van der Waals surface area contributed by atoms with E-state index < -0.39 is 6.09 Å². The van der Waals surface area contributed by atoms with Gasteiger partial charge in [0.2, 0.25) is 5.91 Å². The van der Waals surface area contributed by atoms with E-state index >= 15 is 0 Å². The Bertz CT molecular complexity index is 760. The molecule has 0 aliphatic heterocycles. The zero-order chi connectivity index (χ0) is 20.4. The third-order valence-corrected chi connectivity index (χ3v) is 4.06. The maximum atomic E-state index is 13.0. The highest BCUT2D eigenvalue weighted by Crippen LogP contribution is 2.10. The molecule has 0 radical (unpaired) electrons. The van der Waals surface area contributed by atoms with Crippen LogP contribution in [0.5, 0.6) is 0 Å². The van der Waals surface area contributed by atoms with Gasteiger partial charge < -0.3 is 9.64 Å². The molecule has 2 aromatic rings. The molecular formula is C23H28N2O3. The van der Waals surface area contributed by atoms with E-state index in [4.69, 9.17) is 4.74 Å². The average molecular weight is 380 g/mol. The number of rotatable bonds is 9. The quantitative estimate of drug-likeness (QED) is 0.611. The number of carbonyl (C=O) groups excluding carboxylic acids is 2. The fraction of sp³-hybridized carbons (Fsp3) is 0.304. The van der Waals surface area contributed by atoms with Gasteiger partial charge in [0.05, 0.1) is 6.10 Å². The van der Waals surface area contributed by atoms with E-state index in [-0.39, 0.29) is 18.6 Å². The monoisotopic (exact) mass is 380 g/mol. The summed E-state index contributed by atoms with van der Waals surface area (Å²) in [6.45, 7) is 8.46. The number of nitrogens with zero attached hydrogens (tertiary/aromatic N) is 2. The van der Waals surface area contributed by atoms with Gasteiger partial charge in [0.1, 0.15) is 6.54 Å². The summed E-state index contributed by atoms with van der Waals surface area (Å²) in [7, 11) is 0. The number of ether oxygens (including phenoxy) is 1. The third-order valence-electron chi connectivity index (χ3n) is 4.06. The van der Waals surface area contributed by atoms with E-state index in [1.807, 2.05) is 60.7 Å². The summed E-state index contributed by atoms with van der Waals surface area (Å²) in [5.74, 6) is -0.152. The lowest BCUT2D eigenvalue weighted by Crippen LogP contribution is -2.43. The lowest BCUT2D eigenvalue weighted by molar-refractivity contribution is -0.132. The molecule has 148 valence electrons. The Balaban J connectivity index is 2.13. The van der Waals surface area contributed by atoms with E-state index in [2.05, 4.69) is 6.58 Å². The molecule has 0 spiro atoms. The highest BCUT2D eigenvalue weighted by molar-refractivity contribution is 5.82. The van der Waals surface area contributed by atoms with Gasteiger partial charge in [0.25, 0.3) is 0 Å². The number of carbonyl (C=O) groups is 2. The first-order valence-corrected chi connectivity index (χ1v) is 9.41. The van der Waals surface area contributed by atoms with Crippen molar-refractivity contribution in [1.29, 1.82) is 0 Å². The first kappa shape index (κ1) is 21.2. The van der Waals surface area contributed by atoms with Crippen LogP contribution in [0.1, 0.15) is 25.0 Å². The van der Waals surface area contributed by atoms with Gasteiger partial charge >= 0.3 is 6.09 Å². The molecule has 28 heavy (non-hydrogen) atoms. The molecule has 5 nitrogen and oxygen atoms in total. The van der Waals surface area contributed by atoms with Crippen molar-refractivity contribution in [3.8, 4) is 0 Å². The van der Waals surface area contributed by atoms with Crippen molar-refractivity contribution in [2.24, 2.45) is 0 Å². The zero-order valence-corrected chi connectivity index (χ0v) is 16.6. The van der Waals surface area contributed by atoms with E-state index in [0.29, 0.717) is 19.6 Å². The van der Waals surface area contributed by atoms with Gasteiger partial charge in [-0.3, -0.25) is 9.69 Å². The molecule has 2 amide bonds. The minimum Gasteiger partial charge on any atom is -0.447 e. The predicted molar refractivity (Wildman–Crippen MR) is 111 cm³/mol. The van der Waals surface area contributed by atoms with E-state index in [0.717, 1.165) is 11.1 Å². The highest BCUT2D eigenvalue weighted by Gasteiger charge is 2.23. The summed E-state index contributed by atoms with van der Waals surface area (Å²) in [5, 5.41) is 0. The van der Waals surface area contributed by atoms with Crippen LogP contribution in [0.4, 0.5) is 4.79 Å². The minimum absolute atomic E-state index is 0.0544. The molecule has 2 rings (SSSR count). The van der Waals surface area contributed by atoms with Crippen LogP contribution in [0.25, 0.3) is 0 Å². The van der Waals surface area contributed by atoms with Crippen LogP contribution in [0.3, 0.4) is 0 Å². The van der Waals surface area contributed by atoms with Crippen LogP contribution < -0.4 is 0 Å². The van der Waals surface area contributed by atoms with Gasteiger partial charge in [-0.15, -0.1) is 6.58 Å². The van der Waals surface area contributed by atoms with Crippen LogP contribution >= 0.6 is 0 Å². The average Bonchev–Trinajstić information content (AvgIpc) is 2.68. The Hall–Kier alpha value is -3.08. The maximum Gasteiger partial charge on any atom is 0.410 e. The summed E-state index contributed by atoms with van der Waals surface area (Å²) in [4.78, 5) is 28.6. The predicted octanol–water partition coefficient (Wildman–Crippen LogP) is 4.25. The van der Waals surface area contributed by atoms with Crippen molar-refractivity contribution in [3.63, 3.8) is 0 Å². The van der Waals surface area contributed by atoms with Crippen LogP contribution in [-0.4, -0.2) is 41.0 Å². The standard InChI is InChI=1S/C23H28N2O3/c1-4-15-24(16-20-11-7-5-8-12-20)22(26)18-25(23(27)28-19(2)3)17-21-13-9-6-10-14-21/h4-14,19H,1,15-18H2,2-3H3. The van der Waals surface area contributed by atoms with Crippen molar-refractivity contribution >= 4 is 12.0 Å². The SMILES string of the molecule is C=CCN(Cc1ccccc1)C(=O)CN(Cc1ccccc1)C(=O)OC(C)C. The van der Waals surface area contributed by atoms with E-state index in [9.17, 15) is 9.59 Å². The molecule has 0 aliphatic rings. The van der Waals surface area contributed by atoms with E-state index in [1.165, 1.54) is 4.90 Å². The van der Waals surface area contributed by atoms with Crippen LogP contribution in [0.15, 0.2) is 73.3 Å². The van der Waals surface area contributed by atoms with Gasteiger partial charge in [-0.2, -0.15) is 0 Å². The van der Waals surface area contributed by atoms with Crippen molar-refractivity contribution < 1.29 is 14.3 Å². The number of benzene rings is 2. The Labute approximate surface area is 167 Å². The van der Waals surface area contributed by atoms with Crippen molar-refractivity contribution in [3.05, 3.63) is 84.4 Å². The summed E-state index contributed by atoms with van der Waals surface area (Å²) in [6.07, 6.45) is 0.939. The second-order valence-electron chi connectivity index (χ2n) is 6.82.